The zero-order valence-corrected chi connectivity index (χ0v) is 17.8. The van der Waals surface area contributed by atoms with E-state index < -0.39 is 6.36 Å². The van der Waals surface area contributed by atoms with Gasteiger partial charge in [-0.1, -0.05) is 19.3 Å². The third kappa shape index (κ3) is 9.50. The molecule has 3 N–H and O–H groups in total. The van der Waals surface area contributed by atoms with Crippen molar-refractivity contribution in [2.75, 3.05) is 25.5 Å². The van der Waals surface area contributed by atoms with Crippen LogP contribution in [-0.2, 0) is 0 Å². The first kappa shape index (κ1) is 23.8. The molecule has 1 aromatic rings. The average Bonchev–Trinajstić information content (AvgIpc) is 2.60. The number of nitrogens with two attached hydrogens (primary N) is 1. The molecule has 0 atom stereocenters. The van der Waals surface area contributed by atoms with Crippen molar-refractivity contribution < 1.29 is 17.9 Å². The molecule has 1 aliphatic carbocycles. The molecule has 9 heteroatoms. The number of halogens is 4. The van der Waals surface area contributed by atoms with Crippen LogP contribution in [0.5, 0.6) is 5.75 Å². The molecule has 0 amide bonds. The van der Waals surface area contributed by atoms with Crippen LogP contribution < -0.4 is 15.8 Å². The van der Waals surface area contributed by atoms with Gasteiger partial charge in [-0.15, -0.1) is 37.1 Å². The Hall–Kier alpha value is -1.23. The molecule has 1 saturated carbocycles. The Kier molecular flexibility index (Phi) is 10.2. The van der Waals surface area contributed by atoms with Crippen LogP contribution in [0, 0.1) is 0 Å². The van der Waals surface area contributed by atoms with E-state index >= 15 is 0 Å². The molecule has 0 aromatic heterocycles. The van der Waals surface area contributed by atoms with Crippen molar-refractivity contribution in [1.29, 1.82) is 0 Å². The number of nitrogens with zero attached hydrogens (tertiary/aromatic N) is 2. The number of aliphatic imine (C=N–C) groups is 1. The van der Waals surface area contributed by atoms with Crippen LogP contribution in [0.25, 0.3) is 0 Å². The second kappa shape index (κ2) is 11.6. The largest absolute Gasteiger partial charge is 0.573 e. The minimum Gasteiger partial charge on any atom is -0.406 e. The van der Waals surface area contributed by atoms with Crippen molar-refractivity contribution in [2.45, 2.75) is 50.9 Å². The van der Waals surface area contributed by atoms with Gasteiger partial charge in [0.05, 0.1) is 0 Å². The normalized spacial score (nSPS) is 16.1. The minimum absolute atomic E-state index is 0. The Morgan fingerprint density at radius 2 is 1.85 bits per heavy atom. The van der Waals surface area contributed by atoms with Gasteiger partial charge < -0.3 is 20.7 Å². The molecular weight excluding hydrogens is 472 g/mol. The number of guanidine groups is 1. The van der Waals surface area contributed by atoms with E-state index in [4.69, 9.17) is 5.73 Å². The van der Waals surface area contributed by atoms with Crippen LogP contribution in [0.15, 0.2) is 29.3 Å². The van der Waals surface area contributed by atoms with Gasteiger partial charge in [-0.2, -0.15) is 0 Å². The summed E-state index contributed by atoms with van der Waals surface area (Å²) in [7, 11) is 2.16. The fourth-order valence-electron chi connectivity index (χ4n) is 3.15. The van der Waals surface area contributed by atoms with Crippen molar-refractivity contribution in [3.05, 3.63) is 24.3 Å². The lowest BCUT2D eigenvalue weighted by Crippen LogP contribution is -2.34. The van der Waals surface area contributed by atoms with E-state index in [1.165, 1.54) is 56.4 Å². The fourth-order valence-corrected chi connectivity index (χ4v) is 3.15. The van der Waals surface area contributed by atoms with E-state index in [-0.39, 0.29) is 35.7 Å². The van der Waals surface area contributed by atoms with Crippen LogP contribution in [0.4, 0.5) is 18.9 Å². The van der Waals surface area contributed by atoms with Crippen LogP contribution in [0.3, 0.4) is 0 Å². The molecule has 1 fully saturated rings. The number of benzene rings is 1. The van der Waals surface area contributed by atoms with Crippen molar-refractivity contribution in [1.82, 2.24) is 4.90 Å². The highest BCUT2D eigenvalue weighted by Gasteiger charge is 2.30. The summed E-state index contributed by atoms with van der Waals surface area (Å²) in [4.78, 5) is 6.66. The lowest BCUT2D eigenvalue weighted by molar-refractivity contribution is -0.274. The van der Waals surface area contributed by atoms with E-state index in [9.17, 15) is 13.2 Å². The number of anilines is 1. The van der Waals surface area contributed by atoms with Crippen LogP contribution in [-0.4, -0.2) is 43.4 Å². The highest BCUT2D eigenvalue weighted by Crippen LogP contribution is 2.24. The van der Waals surface area contributed by atoms with Gasteiger partial charge in [0.2, 0.25) is 0 Å². The molecule has 0 radical (unpaired) electrons. The van der Waals surface area contributed by atoms with E-state index in [1.807, 2.05) is 0 Å². The number of nitrogens with one attached hydrogen (secondary N) is 1. The van der Waals surface area contributed by atoms with E-state index in [0.717, 1.165) is 13.0 Å². The number of hydrogen-bond donors (Lipinski definition) is 2. The predicted molar refractivity (Wildman–Crippen MR) is 113 cm³/mol. The van der Waals surface area contributed by atoms with Crippen molar-refractivity contribution in [2.24, 2.45) is 10.7 Å². The average molecular weight is 500 g/mol. The highest BCUT2D eigenvalue weighted by atomic mass is 127. The SMILES string of the molecule is CN(CCCN=C(N)Nc1ccc(OC(F)(F)F)cc1)C1CCCCC1.I. The standard InChI is InChI=1S/C18H27F3N4O.HI/c1-25(15-6-3-2-4-7-15)13-5-12-23-17(22)24-14-8-10-16(11-9-14)26-18(19,20)21;/h8-11,15H,2-7,12-13H2,1H3,(H3,22,23,24);1H. The molecule has 2 rings (SSSR count). The molecular formula is C18H28F3IN4O. The molecule has 154 valence electrons. The Morgan fingerprint density at radius 3 is 2.44 bits per heavy atom. The third-order valence-electron chi connectivity index (χ3n) is 4.51. The lowest BCUT2D eigenvalue weighted by Gasteiger charge is -2.30. The molecule has 0 spiro atoms. The Balaban J connectivity index is 0.00000364. The van der Waals surface area contributed by atoms with Crippen molar-refractivity contribution >= 4 is 35.6 Å². The summed E-state index contributed by atoms with van der Waals surface area (Å²) in [6, 6.07) is 6.05. The maximum absolute atomic E-state index is 12.1. The van der Waals surface area contributed by atoms with Gasteiger partial charge in [0.1, 0.15) is 5.75 Å². The zero-order chi connectivity index (χ0) is 19.0. The van der Waals surface area contributed by atoms with Crippen molar-refractivity contribution in [3.8, 4) is 5.75 Å². The molecule has 0 saturated heterocycles. The maximum Gasteiger partial charge on any atom is 0.573 e. The van der Waals surface area contributed by atoms with Crippen LogP contribution in [0.2, 0.25) is 0 Å². The number of hydrogen-bond acceptors (Lipinski definition) is 3. The van der Waals surface area contributed by atoms with Gasteiger partial charge in [-0.25, -0.2) is 0 Å². The summed E-state index contributed by atoms with van der Waals surface area (Å²) in [5, 5.41) is 2.86. The molecule has 0 heterocycles. The van der Waals surface area contributed by atoms with Gasteiger partial charge in [0.15, 0.2) is 5.96 Å². The summed E-state index contributed by atoms with van der Waals surface area (Å²) in [5.74, 6) is -0.0286. The maximum atomic E-state index is 12.1. The number of rotatable bonds is 7. The van der Waals surface area contributed by atoms with Crippen LogP contribution in [0.1, 0.15) is 38.5 Å². The fraction of sp³-hybridized carbons (Fsp3) is 0.611. The summed E-state index contributed by atoms with van der Waals surface area (Å²) in [6.07, 6.45) is 2.75. The third-order valence-corrected chi connectivity index (χ3v) is 4.51. The molecule has 5 nitrogen and oxygen atoms in total. The first-order valence-electron chi connectivity index (χ1n) is 8.96. The summed E-state index contributed by atoms with van der Waals surface area (Å²) >= 11 is 0. The molecule has 0 unspecified atom stereocenters. The zero-order valence-electron chi connectivity index (χ0n) is 15.5. The van der Waals surface area contributed by atoms with Gasteiger partial charge in [-0.05, 0) is 57.1 Å². The van der Waals surface area contributed by atoms with Gasteiger partial charge in [0.25, 0.3) is 0 Å². The summed E-state index contributed by atoms with van der Waals surface area (Å²) < 4.78 is 40.2. The molecule has 1 aromatic carbocycles. The van der Waals surface area contributed by atoms with Gasteiger partial charge >= 0.3 is 6.36 Å². The lowest BCUT2D eigenvalue weighted by atomic mass is 9.94. The first-order valence-corrected chi connectivity index (χ1v) is 8.96. The molecule has 27 heavy (non-hydrogen) atoms. The quantitative estimate of drug-likeness (QED) is 0.249. The smallest absolute Gasteiger partial charge is 0.406 e. The molecule has 1 aliphatic rings. The number of ether oxygens (including phenoxy) is 1. The van der Waals surface area contributed by atoms with Gasteiger partial charge in [-0.3, -0.25) is 4.99 Å². The highest BCUT2D eigenvalue weighted by molar-refractivity contribution is 14.0. The van der Waals surface area contributed by atoms with Gasteiger partial charge in [0, 0.05) is 18.3 Å². The summed E-state index contributed by atoms with van der Waals surface area (Å²) in [5.41, 5.74) is 6.37. The Labute approximate surface area is 175 Å². The van der Waals surface area contributed by atoms with E-state index in [2.05, 4.69) is 27.0 Å². The second-order valence-corrected chi connectivity index (χ2v) is 6.59. The Bertz CT molecular complexity index is 575. The second-order valence-electron chi connectivity index (χ2n) is 6.59. The Morgan fingerprint density at radius 1 is 1.22 bits per heavy atom. The first-order chi connectivity index (χ1) is 12.3. The molecule has 0 bridgehead atoms. The monoisotopic (exact) mass is 500 g/mol. The number of alkyl halides is 3. The van der Waals surface area contributed by atoms with Crippen molar-refractivity contribution in [3.63, 3.8) is 0 Å². The minimum atomic E-state index is -4.69. The molecule has 0 aliphatic heterocycles. The van der Waals surface area contributed by atoms with E-state index in [1.54, 1.807) is 0 Å². The summed E-state index contributed by atoms with van der Waals surface area (Å²) in [6.45, 7) is 1.58. The predicted octanol–water partition coefficient (Wildman–Crippen LogP) is 4.58. The van der Waals surface area contributed by atoms with E-state index in [0.29, 0.717) is 18.3 Å². The topological polar surface area (TPSA) is 62.9 Å². The van der Waals surface area contributed by atoms with Crippen LogP contribution >= 0.6 is 24.0 Å².